The fourth-order valence-electron chi connectivity index (χ4n) is 3.71. The third-order valence-electron chi connectivity index (χ3n) is 5.41. The van der Waals surface area contributed by atoms with Gasteiger partial charge in [-0.25, -0.2) is 9.38 Å². The average Bonchev–Trinajstić information content (AvgIpc) is 3.27. The Hall–Kier alpha value is -2.66. The molecule has 1 aromatic carbocycles. The van der Waals surface area contributed by atoms with Gasteiger partial charge in [-0.2, -0.15) is 5.26 Å². The number of likely N-dealkylation sites (tertiary alicyclic amines) is 1. The molecule has 8 heteroatoms. The van der Waals surface area contributed by atoms with E-state index in [0.717, 1.165) is 64.6 Å². The second kappa shape index (κ2) is 10.2. The van der Waals surface area contributed by atoms with Crippen LogP contribution in [0, 0.1) is 17.1 Å². The number of carbonyl (C=O) groups excluding carboxylic acids is 1. The third-order valence-corrected chi connectivity index (χ3v) is 5.41. The number of rotatable bonds is 5. The van der Waals surface area contributed by atoms with E-state index in [1.54, 1.807) is 12.1 Å². The van der Waals surface area contributed by atoms with Crippen LogP contribution in [0.5, 0.6) is 0 Å². The van der Waals surface area contributed by atoms with Gasteiger partial charge >= 0.3 is 0 Å². The second-order valence-corrected chi connectivity index (χ2v) is 7.44. The maximum atomic E-state index is 14.1. The largest absolute Gasteiger partial charge is 0.357 e. The molecule has 2 aliphatic rings. The van der Waals surface area contributed by atoms with Gasteiger partial charge in [0.05, 0.1) is 24.7 Å². The van der Waals surface area contributed by atoms with Crippen molar-refractivity contribution in [1.82, 2.24) is 20.0 Å². The molecule has 2 aliphatic heterocycles. The van der Waals surface area contributed by atoms with Gasteiger partial charge in [0.15, 0.2) is 5.96 Å². The molecular weight excluding hydrogens is 371 g/mol. The lowest BCUT2D eigenvalue weighted by Crippen LogP contribution is -2.54. The minimum Gasteiger partial charge on any atom is -0.357 e. The van der Waals surface area contributed by atoms with Crippen LogP contribution in [0.4, 0.5) is 4.39 Å². The summed E-state index contributed by atoms with van der Waals surface area (Å²) in [5, 5.41) is 12.1. The number of piperazine rings is 1. The maximum Gasteiger partial charge on any atom is 0.236 e. The maximum absolute atomic E-state index is 14.1. The molecule has 1 N–H and O–H groups in total. The highest BCUT2D eigenvalue weighted by Crippen LogP contribution is 2.12. The van der Waals surface area contributed by atoms with Crippen LogP contribution in [0.15, 0.2) is 23.2 Å². The van der Waals surface area contributed by atoms with Crippen molar-refractivity contribution in [1.29, 1.82) is 5.26 Å². The molecule has 3 rings (SSSR count). The molecule has 0 unspecified atom stereocenters. The molecule has 2 fully saturated rings. The molecule has 0 bridgehead atoms. The van der Waals surface area contributed by atoms with Gasteiger partial charge in [-0.1, -0.05) is 6.07 Å². The van der Waals surface area contributed by atoms with Gasteiger partial charge in [-0.05, 0) is 31.9 Å². The predicted molar refractivity (Wildman–Crippen MR) is 110 cm³/mol. The summed E-state index contributed by atoms with van der Waals surface area (Å²) in [7, 11) is 0. The van der Waals surface area contributed by atoms with E-state index in [1.807, 2.05) is 17.9 Å². The number of halogens is 1. The first-order chi connectivity index (χ1) is 14.1. The molecule has 156 valence electrons. The Bertz CT molecular complexity index is 776. The van der Waals surface area contributed by atoms with Crippen molar-refractivity contribution in [2.75, 3.05) is 52.4 Å². The van der Waals surface area contributed by atoms with Crippen LogP contribution in [0.1, 0.15) is 30.9 Å². The smallest absolute Gasteiger partial charge is 0.236 e. The zero-order chi connectivity index (χ0) is 20.6. The van der Waals surface area contributed by atoms with Gasteiger partial charge in [0, 0.05) is 51.4 Å². The van der Waals surface area contributed by atoms with E-state index < -0.39 is 5.82 Å². The molecule has 2 heterocycles. The number of nitrogens with one attached hydrogen (secondary N) is 1. The highest BCUT2D eigenvalue weighted by Gasteiger charge is 2.24. The van der Waals surface area contributed by atoms with Crippen molar-refractivity contribution in [3.05, 3.63) is 35.1 Å². The summed E-state index contributed by atoms with van der Waals surface area (Å²) in [5.74, 6) is 0.573. The predicted octanol–water partition coefficient (Wildman–Crippen LogP) is 1.40. The summed E-state index contributed by atoms with van der Waals surface area (Å²) in [4.78, 5) is 23.2. The van der Waals surface area contributed by atoms with E-state index in [2.05, 4.69) is 20.1 Å². The monoisotopic (exact) mass is 400 g/mol. The number of carbonyl (C=O) groups is 1. The molecule has 1 amide bonds. The molecule has 7 nitrogen and oxygen atoms in total. The Morgan fingerprint density at radius 2 is 1.90 bits per heavy atom. The minimum atomic E-state index is -0.408. The van der Waals surface area contributed by atoms with Gasteiger partial charge in [-0.3, -0.25) is 9.69 Å². The Morgan fingerprint density at radius 3 is 2.52 bits per heavy atom. The highest BCUT2D eigenvalue weighted by atomic mass is 19.1. The van der Waals surface area contributed by atoms with Crippen LogP contribution in [-0.2, 0) is 11.3 Å². The number of hydrogen-bond donors (Lipinski definition) is 1. The number of aliphatic imine (C=N–C) groups is 1. The number of nitrogens with zero attached hydrogens (tertiary/aromatic N) is 5. The van der Waals surface area contributed by atoms with Crippen molar-refractivity contribution < 1.29 is 9.18 Å². The first kappa shape index (κ1) is 21.1. The van der Waals surface area contributed by atoms with E-state index in [-0.39, 0.29) is 12.5 Å². The first-order valence-electron chi connectivity index (χ1n) is 10.3. The van der Waals surface area contributed by atoms with Crippen molar-refractivity contribution in [3.63, 3.8) is 0 Å². The van der Waals surface area contributed by atoms with Crippen LogP contribution in [-0.4, -0.2) is 78.9 Å². The molecule has 0 spiro atoms. The molecule has 0 aliphatic carbocycles. The SMILES string of the molecule is CCNC(=NCc1ccc(C#N)cc1F)N1CCN(CC(=O)N2CCCC2)CC1. The standard InChI is InChI=1S/C21H29FN6O/c1-2-24-21(25-15-18-6-5-17(14-23)13-19(18)22)28-11-9-26(10-12-28)16-20(29)27-7-3-4-8-27/h5-6,13H,2-4,7-12,15-16H2,1H3,(H,24,25). The Morgan fingerprint density at radius 1 is 1.17 bits per heavy atom. The van der Waals surface area contributed by atoms with Gasteiger partial charge in [-0.15, -0.1) is 0 Å². The summed E-state index contributed by atoms with van der Waals surface area (Å²) in [6.07, 6.45) is 2.23. The zero-order valence-corrected chi connectivity index (χ0v) is 17.0. The molecule has 0 radical (unpaired) electrons. The van der Waals surface area contributed by atoms with Crippen molar-refractivity contribution in [3.8, 4) is 6.07 Å². The molecule has 0 atom stereocenters. The molecular formula is C21H29FN6O. The van der Waals surface area contributed by atoms with E-state index in [4.69, 9.17) is 5.26 Å². The van der Waals surface area contributed by atoms with E-state index in [0.29, 0.717) is 17.7 Å². The summed E-state index contributed by atoms with van der Waals surface area (Å²) in [5.41, 5.74) is 0.774. The molecule has 29 heavy (non-hydrogen) atoms. The Kier molecular flexibility index (Phi) is 7.42. The highest BCUT2D eigenvalue weighted by molar-refractivity contribution is 5.80. The fourth-order valence-corrected chi connectivity index (χ4v) is 3.71. The third kappa shape index (κ3) is 5.67. The van der Waals surface area contributed by atoms with Crippen molar-refractivity contribution in [2.24, 2.45) is 4.99 Å². The van der Waals surface area contributed by atoms with Crippen LogP contribution in [0.3, 0.4) is 0 Å². The van der Waals surface area contributed by atoms with Gasteiger partial charge in [0.1, 0.15) is 5.82 Å². The van der Waals surface area contributed by atoms with E-state index in [1.165, 1.54) is 6.07 Å². The Labute approximate surface area is 171 Å². The number of benzene rings is 1. The molecule has 0 aromatic heterocycles. The number of guanidine groups is 1. The number of amides is 1. The second-order valence-electron chi connectivity index (χ2n) is 7.44. The fraction of sp³-hybridized carbons (Fsp3) is 0.571. The number of hydrogen-bond acceptors (Lipinski definition) is 4. The van der Waals surface area contributed by atoms with Crippen LogP contribution in [0.25, 0.3) is 0 Å². The van der Waals surface area contributed by atoms with Gasteiger partial charge < -0.3 is 15.1 Å². The lowest BCUT2D eigenvalue weighted by Gasteiger charge is -2.36. The van der Waals surface area contributed by atoms with Crippen molar-refractivity contribution >= 4 is 11.9 Å². The zero-order valence-electron chi connectivity index (χ0n) is 17.0. The quantitative estimate of drug-likeness (QED) is 0.597. The minimum absolute atomic E-state index is 0.216. The molecule has 2 saturated heterocycles. The molecule has 1 aromatic rings. The average molecular weight is 401 g/mol. The van der Waals surface area contributed by atoms with E-state index in [9.17, 15) is 9.18 Å². The lowest BCUT2D eigenvalue weighted by molar-refractivity contribution is -0.131. The van der Waals surface area contributed by atoms with Crippen LogP contribution < -0.4 is 5.32 Å². The topological polar surface area (TPSA) is 75.0 Å². The van der Waals surface area contributed by atoms with Crippen molar-refractivity contribution in [2.45, 2.75) is 26.3 Å². The normalized spacial score (nSPS) is 18.0. The summed E-state index contributed by atoms with van der Waals surface area (Å²) in [6, 6.07) is 6.41. The number of nitriles is 1. The molecule has 0 saturated carbocycles. The van der Waals surface area contributed by atoms with E-state index >= 15 is 0 Å². The summed E-state index contributed by atoms with van der Waals surface area (Å²) < 4.78 is 14.1. The lowest BCUT2D eigenvalue weighted by atomic mass is 10.1. The van der Waals surface area contributed by atoms with Crippen LogP contribution >= 0.6 is 0 Å². The summed E-state index contributed by atoms with van der Waals surface area (Å²) in [6.45, 7) is 8.36. The first-order valence-corrected chi connectivity index (χ1v) is 10.3. The van der Waals surface area contributed by atoms with Gasteiger partial charge in [0.25, 0.3) is 0 Å². The van der Waals surface area contributed by atoms with Gasteiger partial charge in [0.2, 0.25) is 5.91 Å². The summed E-state index contributed by atoms with van der Waals surface area (Å²) >= 11 is 0. The van der Waals surface area contributed by atoms with Crippen LogP contribution in [0.2, 0.25) is 0 Å². The Balaban J connectivity index is 1.55.